The number of nitrogens with one attached hydrogen (secondary N) is 1. The fourth-order valence-corrected chi connectivity index (χ4v) is 3.48. The Morgan fingerprint density at radius 3 is 2.88 bits per heavy atom. The van der Waals surface area contributed by atoms with Crippen molar-refractivity contribution in [2.45, 2.75) is 57.9 Å². The lowest BCUT2D eigenvalue weighted by Gasteiger charge is -2.37. The van der Waals surface area contributed by atoms with Crippen molar-refractivity contribution in [2.75, 3.05) is 26.2 Å². The lowest BCUT2D eigenvalue weighted by Crippen LogP contribution is -2.45. The van der Waals surface area contributed by atoms with Crippen LogP contribution in [-0.4, -0.2) is 37.1 Å². The molecule has 1 saturated heterocycles. The smallest absolute Gasteiger partial charge is 0.0124 e. The zero-order valence-electron chi connectivity index (χ0n) is 10.9. The van der Waals surface area contributed by atoms with E-state index in [1.807, 2.05) is 0 Å². The summed E-state index contributed by atoms with van der Waals surface area (Å²) >= 11 is 0. The number of hydrogen-bond acceptors (Lipinski definition) is 2. The SMILES string of the molecule is CCCCNCCN1CCCC2CCCC21. The number of fused-ring (bicyclic) bond motifs is 1. The van der Waals surface area contributed by atoms with Crippen molar-refractivity contribution in [3.8, 4) is 0 Å². The zero-order chi connectivity index (χ0) is 11.2. The molecular formula is C14H28N2. The van der Waals surface area contributed by atoms with Gasteiger partial charge in [0.05, 0.1) is 0 Å². The van der Waals surface area contributed by atoms with Gasteiger partial charge in [-0.2, -0.15) is 0 Å². The van der Waals surface area contributed by atoms with Crippen molar-refractivity contribution in [3.05, 3.63) is 0 Å². The van der Waals surface area contributed by atoms with Gasteiger partial charge >= 0.3 is 0 Å². The number of unbranched alkanes of at least 4 members (excludes halogenated alkanes) is 1. The molecule has 16 heavy (non-hydrogen) atoms. The number of hydrogen-bond donors (Lipinski definition) is 1. The highest BCUT2D eigenvalue weighted by atomic mass is 15.2. The Labute approximate surface area is 101 Å². The highest BCUT2D eigenvalue weighted by Gasteiger charge is 2.34. The molecule has 2 atom stereocenters. The predicted octanol–water partition coefficient (Wildman–Crippen LogP) is 2.64. The topological polar surface area (TPSA) is 15.3 Å². The molecule has 2 rings (SSSR count). The molecule has 1 N–H and O–H groups in total. The maximum atomic E-state index is 3.57. The van der Waals surface area contributed by atoms with E-state index in [9.17, 15) is 0 Å². The fraction of sp³-hybridized carbons (Fsp3) is 1.00. The van der Waals surface area contributed by atoms with E-state index < -0.39 is 0 Å². The summed E-state index contributed by atoms with van der Waals surface area (Å²) in [5, 5.41) is 3.57. The molecule has 1 aliphatic carbocycles. The van der Waals surface area contributed by atoms with E-state index >= 15 is 0 Å². The minimum Gasteiger partial charge on any atom is -0.315 e. The number of nitrogens with zero attached hydrogens (tertiary/aromatic N) is 1. The second-order valence-corrected chi connectivity index (χ2v) is 5.54. The molecule has 0 aromatic carbocycles. The lowest BCUT2D eigenvalue weighted by atomic mass is 9.92. The summed E-state index contributed by atoms with van der Waals surface area (Å²) in [7, 11) is 0. The van der Waals surface area contributed by atoms with Crippen LogP contribution in [0, 0.1) is 5.92 Å². The van der Waals surface area contributed by atoms with Crippen LogP contribution in [0.2, 0.25) is 0 Å². The van der Waals surface area contributed by atoms with Gasteiger partial charge in [0.2, 0.25) is 0 Å². The van der Waals surface area contributed by atoms with E-state index in [-0.39, 0.29) is 0 Å². The van der Waals surface area contributed by atoms with E-state index in [0.29, 0.717) is 0 Å². The molecule has 94 valence electrons. The summed E-state index contributed by atoms with van der Waals surface area (Å²) in [6.45, 7) is 7.30. The Morgan fingerprint density at radius 2 is 2.00 bits per heavy atom. The standard InChI is InChI=1S/C14H28N2/c1-2-3-9-15-10-12-16-11-5-7-13-6-4-8-14(13)16/h13-15H,2-12H2,1H3. The summed E-state index contributed by atoms with van der Waals surface area (Å²) in [5.74, 6) is 1.05. The number of piperidine rings is 1. The van der Waals surface area contributed by atoms with Crippen LogP contribution in [0.15, 0.2) is 0 Å². The number of rotatable bonds is 6. The van der Waals surface area contributed by atoms with Gasteiger partial charge in [-0.25, -0.2) is 0 Å². The first-order chi connectivity index (χ1) is 7.92. The van der Waals surface area contributed by atoms with Crippen LogP contribution in [0.25, 0.3) is 0 Å². The van der Waals surface area contributed by atoms with Gasteiger partial charge in [-0.3, -0.25) is 4.90 Å². The van der Waals surface area contributed by atoms with E-state index in [4.69, 9.17) is 0 Å². The third-order valence-corrected chi connectivity index (χ3v) is 4.39. The Morgan fingerprint density at radius 1 is 1.12 bits per heavy atom. The first-order valence-electron chi connectivity index (χ1n) is 7.36. The third kappa shape index (κ3) is 3.21. The van der Waals surface area contributed by atoms with Crippen molar-refractivity contribution in [3.63, 3.8) is 0 Å². The van der Waals surface area contributed by atoms with Crippen molar-refractivity contribution >= 4 is 0 Å². The monoisotopic (exact) mass is 224 g/mol. The molecule has 2 unspecified atom stereocenters. The number of likely N-dealkylation sites (tertiary alicyclic amines) is 1. The van der Waals surface area contributed by atoms with Crippen LogP contribution in [0.5, 0.6) is 0 Å². The molecule has 2 aliphatic rings. The Bertz CT molecular complexity index is 193. The van der Waals surface area contributed by atoms with Gasteiger partial charge in [0.15, 0.2) is 0 Å². The highest BCUT2D eigenvalue weighted by molar-refractivity contribution is 4.89. The molecule has 2 heteroatoms. The van der Waals surface area contributed by atoms with Crippen LogP contribution >= 0.6 is 0 Å². The molecule has 1 aliphatic heterocycles. The van der Waals surface area contributed by atoms with Crippen LogP contribution in [0.1, 0.15) is 51.9 Å². The maximum Gasteiger partial charge on any atom is 0.0124 e. The highest BCUT2D eigenvalue weighted by Crippen LogP contribution is 2.36. The normalized spacial score (nSPS) is 30.6. The lowest BCUT2D eigenvalue weighted by molar-refractivity contribution is 0.114. The largest absolute Gasteiger partial charge is 0.315 e. The summed E-state index contributed by atoms with van der Waals surface area (Å²) in [4.78, 5) is 2.76. The van der Waals surface area contributed by atoms with Gasteiger partial charge in [-0.1, -0.05) is 19.8 Å². The Hall–Kier alpha value is -0.0800. The molecule has 1 heterocycles. The third-order valence-electron chi connectivity index (χ3n) is 4.39. The van der Waals surface area contributed by atoms with Gasteiger partial charge in [0.25, 0.3) is 0 Å². The van der Waals surface area contributed by atoms with Crippen LogP contribution in [-0.2, 0) is 0 Å². The summed E-state index contributed by atoms with van der Waals surface area (Å²) < 4.78 is 0. The van der Waals surface area contributed by atoms with Gasteiger partial charge in [0.1, 0.15) is 0 Å². The molecular weight excluding hydrogens is 196 g/mol. The first kappa shape index (κ1) is 12.4. The fourth-order valence-electron chi connectivity index (χ4n) is 3.48. The summed E-state index contributed by atoms with van der Waals surface area (Å²) in [6.07, 6.45) is 10.0. The first-order valence-corrected chi connectivity index (χ1v) is 7.36. The summed E-state index contributed by atoms with van der Waals surface area (Å²) in [5.41, 5.74) is 0. The molecule has 1 saturated carbocycles. The van der Waals surface area contributed by atoms with E-state index in [0.717, 1.165) is 12.0 Å². The quantitative estimate of drug-likeness (QED) is 0.698. The van der Waals surface area contributed by atoms with Gasteiger partial charge in [-0.15, -0.1) is 0 Å². The molecule has 2 fully saturated rings. The molecule has 0 aromatic heterocycles. The van der Waals surface area contributed by atoms with Gasteiger partial charge < -0.3 is 5.32 Å². The van der Waals surface area contributed by atoms with E-state index in [1.165, 1.54) is 71.1 Å². The van der Waals surface area contributed by atoms with Crippen LogP contribution in [0.4, 0.5) is 0 Å². The van der Waals surface area contributed by atoms with Crippen LogP contribution in [0.3, 0.4) is 0 Å². The van der Waals surface area contributed by atoms with Gasteiger partial charge in [-0.05, 0) is 51.1 Å². The minimum atomic E-state index is 0.946. The molecule has 0 bridgehead atoms. The molecule has 2 nitrogen and oxygen atoms in total. The molecule has 0 radical (unpaired) electrons. The van der Waals surface area contributed by atoms with Crippen molar-refractivity contribution in [1.29, 1.82) is 0 Å². The second-order valence-electron chi connectivity index (χ2n) is 5.54. The van der Waals surface area contributed by atoms with Crippen LogP contribution < -0.4 is 5.32 Å². The minimum absolute atomic E-state index is 0.946. The van der Waals surface area contributed by atoms with Crippen molar-refractivity contribution in [2.24, 2.45) is 5.92 Å². The molecule has 0 amide bonds. The van der Waals surface area contributed by atoms with E-state index in [1.54, 1.807) is 0 Å². The Kier molecular flexibility index (Phi) is 5.11. The average molecular weight is 224 g/mol. The van der Waals surface area contributed by atoms with Crippen molar-refractivity contribution < 1.29 is 0 Å². The van der Waals surface area contributed by atoms with E-state index in [2.05, 4.69) is 17.1 Å². The van der Waals surface area contributed by atoms with Gasteiger partial charge in [0, 0.05) is 19.1 Å². The second kappa shape index (κ2) is 6.61. The maximum absolute atomic E-state index is 3.57. The molecule has 0 aromatic rings. The predicted molar refractivity (Wildman–Crippen MR) is 69.7 cm³/mol. The summed E-state index contributed by atoms with van der Waals surface area (Å²) in [6, 6.07) is 0.946. The molecule has 0 spiro atoms. The van der Waals surface area contributed by atoms with Crippen molar-refractivity contribution in [1.82, 2.24) is 10.2 Å². The average Bonchev–Trinajstić information content (AvgIpc) is 2.77. The zero-order valence-corrected chi connectivity index (χ0v) is 10.9. The Balaban J connectivity index is 1.64.